The first-order valence-electron chi connectivity index (χ1n) is 3.96. The highest BCUT2D eigenvalue weighted by Gasteiger charge is 2.29. The first-order chi connectivity index (χ1) is 6.24. The molecule has 0 spiro atoms. The third-order valence-electron chi connectivity index (χ3n) is 1.39. The topological polar surface area (TPSA) is 80.9 Å². The predicted molar refractivity (Wildman–Crippen MR) is 56.0 cm³/mol. The SMILES string of the molecule is OCCSC(CO)(CO)SCCO. The van der Waals surface area contributed by atoms with Crippen molar-refractivity contribution >= 4 is 23.5 Å². The van der Waals surface area contributed by atoms with E-state index < -0.39 is 4.08 Å². The van der Waals surface area contributed by atoms with Crippen LogP contribution in [-0.4, -0.2) is 62.4 Å². The van der Waals surface area contributed by atoms with Gasteiger partial charge in [0.05, 0.1) is 26.4 Å². The quantitative estimate of drug-likeness (QED) is 0.404. The van der Waals surface area contributed by atoms with Crippen LogP contribution < -0.4 is 0 Å². The van der Waals surface area contributed by atoms with E-state index in [1.807, 2.05) is 0 Å². The van der Waals surface area contributed by atoms with E-state index in [1.54, 1.807) is 0 Å². The van der Waals surface area contributed by atoms with Crippen LogP contribution in [0.2, 0.25) is 0 Å². The predicted octanol–water partition coefficient (Wildman–Crippen LogP) is -0.882. The van der Waals surface area contributed by atoms with Gasteiger partial charge >= 0.3 is 0 Å². The second-order valence-corrected chi connectivity index (χ2v) is 5.59. The Morgan fingerprint density at radius 3 is 1.38 bits per heavy atom. The van der Waals surface area contributed by atoms with Gasteiger partial charge in [0.1, 0.15) is 4.08 Å². The molecular formula is C7H16O4S2. The second-order valence-electron chi connectivity index (χ2n) is 2.37. The fraction of sp³-hybridized carbons (Fsp3) is 1.00. The van der Waals surface area contributed by atoms with Crippen molar-refractivity contribution in [3.8, 4) is 0 Å². The first kappa shape index (κ1) is 13.5. The van der Waals surface area contributed by atoms with Crippen molar-refractivity contribution in [1.82, 2.24) is 0 Å². The van der Waals surface area contributed by atoms with Gasteiger partial charge in [-0.2, -0.15) is 0 Å². The Kier molecular flexibility index (Phi) is 8.23. The van der Waals surface area contributed by atoms with Crippen LogP contribution in [0.25, 0.3) is 0 Å². The Bertz CT molecular complexity index is 109. The summed E-state index contributed by atoms with van der Waals surface area (Å²) in [5.41, 5.74) is 0. The molecule has 0 rings (SSSR count). The van der Waals surface area contributed by atoms with Crippen molar-refractivity contribution in [3.63, 3.8) is 0 Å². The molecule has 0 radical (unpaired) electrons. The molecule has 0 aliphatic carbocycles. The number of hydrogen-bond donors (Lipinski definition) is 4. The summed E-state index contributed by atoms with van der Waals surface area (Å²) in [5, 5.41) is 35.3. The zero-order chi connectivity index (χ0) is 10.2. The Balaban J connectivity index is 3.97. The van der Waals surface area contributed by atoms with E-state index in [-0.39, 0.29) is 26.4 Å². The maximum absolute atomic E-state index is 9.06. The van der Waals surface area contributed by atoms with Crippen LogP contribution in [0.1, 0.15) is 0 Å². The van der Waals surface area contributed by atoms with Gasteiger partial charge in [-0.25, -0.2) is 0 Å². The smallest absolute Gasteiger partial charge is 0.107 e. The minimum absolute atomic E-state index is 0.0199. The maximum Gasteiger partial charge on any atom is 0.107 e. The lowest BCUT2D eigenvalue weighted by molar-refractivity contribution is 0.214. The highest BCUT2D eigenvalue weighted by molar-refractivity contribution is 8.18. The summed E-state index contributed by atoms with van der Waals surface area (Å²) in [5.74, 6) is 0.944. The van der Waals surface area contributed by atoms with Crippen LogP contribution in [0.3, 0.4) is 0 Å². The summed E-state index contributed by atoms with van der Waals surface area (Å²) in [6.45, 7) is -0.296. The monoisotopic (exact) mass is 228 g/mol. The summed E-state index contributed by atoms with van der Waals surface area (Å²) >= 11 is 2.62. The van der Waals surface area contributed by atoms with Crippen LogP contribution in [0.5, 0.6) is 0 Å². The third-order valence-corrected chi connectivity index (χ3v) is 4.44. The van der Waals surface area contributed by atoms with Crippen molar-refractivity contribution in [3.05, 3.63) is 0 Å². The molecule has 0 aliphatic rings. The summed E-state index contributed by atoms with van der Waals surface area (Å²) in [6, 6.07) is 0. The molecule has 0 aromatic rings. The molecule has 0 fully saturated rings. The molecule has 80 valence electrons. The molecule has 0 bridgehead atoms. The van der Waals surface area contributed by atoms with Crippen LogP contribution in [0.4, 0.5) is 0 Å². The lowest BCUT2D eigenvalue weighted by atomic mass is 10.5. The minimum Gasteiger partial charge on any atom is -0.396 e. The Morgan fingerprint density at radius 1 is 0.769 bits per heavy atom. The zero-order valence-corrected chi connectivity index (χ0v) is 8.98. The normalized spacial score (nSPS) is 12.0. The van der Waals surface area contributed by atoms with E-state index in [2.05, 4.69) is 0 Å². The molecule has 4 nitrogen and oxygen atoms in total. The van der Waals surface area contributed by atoms with E-state index in [9.17, 15) is 0 Å². The van der Waals surface area contributed by atoms with Gasteiger partial charge in [0.15, 0.2) is 0 Å². The molecule has 13 heavy (non-hydrogen) atoms. The molecule has 0 unspecified atom stereocenters. The fourth-order valence-corrected chi connectivity index (χ4v) is 2.86. The van der Waals surface area contributed by atoms with Gasteiger partial charge in [-0.15, -0.1) is 23.5 Å². The van der Waals surface area contributed by atoms with Crippen molar-refractivity contribution in [2.75, 3.05) is 37.9 Å². The van der Waals surface area contributed by atoms with Crippen LogP contribution in [0.15, 0.2) is 0 Å². The lowest BCUT2D eigenvalue weighted by Gasteiger charge is -2.27. The van der Waals surface area contributed by atoms with E-state index >= 15 is 0 Å². The minimum atomic E-state index is -0.689. The van der Waals surface area contributed by atoms with Gasteiger partial charge in [-0.1, -0.05) is 0 Å². The highest BCUT2D eigenvalue weighted by Crippen LogP contribution is 2.35. The largest absolute Gasteiger partial charge is 0.396 e. The summed E-state index contributed by atoms with van der Waals surface area (Å²) in [4.78, 5) is 0. The van der Waals surface area contributed by atoms with Crippen molar-refractivity contribution < 1.29 is 20.4 Å². The van der Waals surface area contributed by atoms with Gasteiger partial charge in [-0.05, 0) is 0 Å². The molecule has 0 aliphatic heterocycles. The average Bonchev–Trinajstić information content (AvgIpc) is 2.20. The van der Waals surface area contributed by atoms with Gasteiger partial charge in [0.25, 0.3) is 0 Å². The number of aliphatic hydroxyl groups is 4. The standard InChI is InChI=1S/C7H16O4S2/c8-1-3-12-7(5-10,6-11)13-4-2-9/h8-11H,1-6H2. The highest BCUT2D eigenvalue weighted by atomic mass is 32.2. The molecule has 0 saturated heterocycles. The third kappa shape index (κ3) is 5.09. The van der Waals surface area contributed by atoms with Gasteiger partial charge < -0.3 is 20.4 Å². The summed E-state index contributed by atoms with van der Waals surface area (Å²) in [7, 11) is 0. The average molecular weight is 228 g/mol. The van der Waals surface area contributed by atoms with Gasteiger partial charge in [0, 0.05) is 11.5 Å². The van der Waals surface area contributed by atoms with E-state index in [0.717, 1.165) is 0 Å². The number of aliphatic hydroxyl groups excluding tert-OH is 4. The molecule has 0 saturated carbocycles. The van der Waals surface area contributed by atoms with E-state index in [0.29, 0.717) is 11.5 Å². The van der Waals surface area contributed by atoms with Gasteiger partial charge in [-0.3, -0.25) is 0 Å². The molecule has 0 aromatic carbocycles. The molecule has 0 amide bonds. The van der Waals surface area contributed by atoms with Crippen LogP contribution in [-0.2, 0) is 0 Å². The second kappa shape index (κ2) is 7.90. The zero-order valence-electron chi connectivity index (χ0n) is 7.35. The Morgan fingerprint density at radius 2 is 1.15 bits per heavy atom. The lowest BCUT2D eigenvalue weighted by Crippen LogP contribution is -2.31. The molecule has 0 heterocycles. The van der Waals surface area contributed by atoms with Crippen molar-refractivity contribution in [2.45, 2.75) is 4.08 Å². The summed E-state index contributed by atoms with van der Waals surface area (Å²) in [6.07, 6.45) is 0. The van der Waals surface area contributed by atoms with E-state index in [4.69, 9.17) is 20.4 Å². The number of thioether (sulfide) groups is 2. The van der Waals surface area contributed by atoms with Crippen LogP contribution >= 0.6 is 23.5 Å². The number of hydrogen-bond acceptors (Lipinski definition) is 6. The van der Waals surface area contributed by atoms with E-state index in [1.165, 1.54) is 23.5 Å². The Labute approximate surface area is 86.4 Å². The summed E-state index contributed by atoms with van der Waals surface area (Å²) < 4.78 is -0.689. The molecule has 0 aromatic heterocycles. The fourth-order valence-electron chi connectivity index (χ4n) is 0.738. The van der Waals surface area contributed by atoms with Crippen LogP contribution in [0, 0.1) is 0 Å². The molecular weight excluding hydrogens is 212 g/mol. The Hall–Kier alpha value is 0.540. The number of rotatable bonds is 8. The molecule has 4 N–H and O–H groups in total. The van der Waals surface area contributed by atoms with Crippen molar-refractivity contribution in [2.24, 2.45) is 0 Å². The first-order valence-corrected chi connectivity index (χ1v) is 5.93. The van der Waals surface area contributed by atoms with Crippen molar-refractivity contribution in [1.29, 1.82) is 0 Å². The molecule has 6 heteroatoms. The van der Waals surface area contributed by atoms with Gasteiger partial charge in [0.2, 0.25) is 0 Å². The maximum atomic E-state index is 9.06. The molecule has 0 atom stereocenters.